The number of terminal acetylenes is 1. The average molecular weight is 218 g/mol. The summed E-state index contributed by atoms with van der Waals surface area (Å²) in [4.78, 5) is 11.2. The smallest absolute Gasteiger partial charge is 0.271 e. The highest BCUT2D eigenvalue weighted by Gasteiger charge is 2.07. The molecular weight excluding hydrogens is 204 g/mol. The van der Waals surface area contributed by atoms with Crippen molar-refractivity contribution in [3.05, 3.63) is 17.8 Å². The van der Waals surface area contributed by atoms with Crippen molar-refractivity contribution in [3.8, 4) is 12.3 Å². The molecule has 0 aromatic carbocycles. The van der Waals surface area contributed by atoms with Gasteiger partial charge in [-0.2, -0.15) is 0 Å². The lowest BCUT2D eigenvalue weighted by Crippen LogP contribution is -2.21. The predicted octanol–water partition coefficient (Wildman–Crippen LogP) is 0.660. The van der Waals surface area contributed by atoms with Gasteiger partial charge in [0.2, 0.25) is 0 Å². The lowest BCUT2D eigenvalue weighted by Gasteiger charge is -2.10. The Morgan fingerprint density at radius 1 is 1.56 bits per heavy atom. The maximum absolute atomic E-state index is 11.2. The van der Waals surface area contributed by atoms with Crippen molar-refractivity contribution in [2.75, 3.05) is 12.4 Å². The number of amides is 1. The van der Waals surface area contributed by atoms with Gasteiger partial charge in [-0.25, -0.2) is 0 Å². The molecule has 1 unspecified atom stereocenters. The zero-order chi connectivity index (χ0) is 12.0. The number of hydrogen-bond donors (Lipinski definition) is 2. The molecule has 0 saturated carbocycles. The van der Waals surface area contributed by atoms with Gasteiger partial charge in [-0.15, -0.1) is 16.6 Å². The second-order valence-corrected chi connectivity index (χ2v) is 3.15. The van der Waals surface area contributed by atoms with Gasteiger partial charge in [-0.3, -0.25) is 4.79 Å². The van der Waals surface area contributed by atoms with E-state index in [2.05, 4.69) is 26.8 Å². The van der Waals surface area contributed by atoms with Crippen LogP contribution in [-0.4, -0.2) is 29.2 Å². The zero-order valence-corrected chi connectivity index (χ0v) is 9.32. The molecule has 1 heterocycles. The molecule has 0 aliphatic carbocycles. The number of carbonyl (C=O) groups is 1. The summed E-state index contributed by atoms with van der Waals surface area (Å²) in [5.41, 5.74) is 0.279. The number of carbonyl (C=O) groups excluding carboxylic acids is 1. The van der Waals surface area contributed by atoms with Crippen LogP contribution in [-0.2, 0) is 0 Å². The van der Waals surface area contributed by atoms with Crippen LogP contribution in [0.4, 0.5) is 5.82 Å². The van der Waals surface area contributed by atoms with Crippen molar-refractivity contribution >= 4 is 11.7 Å². The van der Waals surface area contributed by atoms with E-state index >= 15 is 0 Å². The molecule has 5 nitrogen and oxygen atoms in total. The SMILES string of the molecule is C#CC(CC)Nc1ccc(C(=O)NC)nn1. The average Bonchev–Trinajstić information content (AvgIpc) is 2.35. The van der Waals surface area contributed by atoms with Gasteiger partial charge in [0.05, 0.1) is 6.04 Å². The van der Waals surface area contributed by atoms with Crippen molar-refractivity contribution in [1.29, 1.82) is 0 Å². The van der Waals surface area contributed by atoms with Crippen molar-refractivity contribution in [2.24, 2.45) is 0 Å². The first-order valence-electron chi connectivity index (χ1n) is 4.99. The largest absolute Gasteiger partial charge is 0.355 e. The normalized spacial score (nSPS) is 11.3. The van der Waals surface area contributed by atoms with Crippen molar-refractivity contribution in [2.45, 2.75) is 19.4 Å². The first-order valence-corrected chi connectivity index (χ1v) is 4.99. The standard InChI is InChI=1S/C11H14N4O/c1-4-8(5-2)13-10-7-6-9(14-15-10)11(16)12-3/h1,6-8H,5H2,2-3H3,(H,12,16)(H,13,15). The summed E-state index contributed by atoms with van der Waals surface area (Å²) in [6.45, 7) is 1.98. The van der Waals surface area contributed by atoms with E-state index in [1.165, 1.54) is 0 Å². The molecule has 1 atom stereocenters. The summed E-state index contributed by atoms with van der Waals surface area (Å²) < 4.78 is 0. The van der Waals surface area contributed by atoms with Crippen LogP contribution < -0.4 is 10.6 Å². The van der Waals surface area contributed by atoms with E-state index in [0.717, 1.165) is 6.42 Å². The minimum Gasteiger partial charge on any atom is -0.355 e. The Hall–Kier alpha value is -2.09. The molecule has 0 aliphatic rings. The lowest BCUT2D eigenvalue weighted by atomic mass is 10.2. The van der Waals surface area contributed by atoms with Crippen molar-refractivity contribution in [3.63, 3.8) is 0 Å². The van der Waals surface area contributed by atoms with E-state index in [1.54, 1.807) is 19.2 Å². The zero-order valence-electron chi connectivity index (χ0n) is 9.32. The van der Waals surface area contributed by atoms with Crippen LogP contribution in [0, 0.1) is 12.3 Å². The van der Waals surface area contributed by atoms with E-state index in [1.807, 2.05) is 6.92 Å². The molecule has 5 heteroatoms. The van der Waals surface area contributed by atoms with Crippen molar-refractivity contribution in [1.82, 2.24) is 15.5 Å². The van der Waals surface area contributed by atoms with Gasteiger partial charge >= 0.3 is 0 Å². The molecule has 0 spiro atoms. The molecule has 2 N–H and O–H groups in total. The Balaban J connectivity index is 2.72. The quantitative estimate of drug-likeness (QED) is 0.728. The van der Waals surface area contributed by atoms with E-state index < -0.39 is 0 Å². The van der Waals surface area contributed by atoms with Gasteiger partial charge < -0.3 is 10.6 Å². The molecule has 84 valence electrons. The summed E-state index contributed by atoms with van der Waals surface area (Å²) in [5, 5.41) is 13.1. The molecule has 1 amide bonds. The highest BCUT2D eigenvalue weighted by atomic mass is 16.1. The highest BCUT2D eigenvalue weighted by Crippen LogP contribution is 2.05. The number of nitrogens with one attached hydrogen (secondary N) is 2. The van der Waals surface area contributed by atoms with E-state index in [0.29, 0.717) is 5.82 Å². The lowest BCUT2D eigenvalue weighted by molar-refractivity contribution is 0.0957. The Kier molecular flexibility index (Phi) is 4.28. The first kappa shape index (κ1) is 12.0. The minimum atomic E-state index is -0.261. The first-order chi connectivity index (χ1) is 7.71. The van der Waals surface area contributed by atoms with E-state index in [9.17, 15) is 4.79 Å². The number of rotatable bonds is 4. The maximum Gasteiger partial charge on any atom is 0.271 e. The Labute approximate surface area is 94.7 Å². The second kappa shape index (κ2) is 5.71. The van der Waals surface area contributed by atoms with Crippen LogP contribution >= 0.6 is 0 Å². The highest BCUT2D eigenvalue weighted by molar-refractivity contribution is 5.91. The van der Waals surface area contributed by atoms with E-state index in [4.69, 9.17) is 6.42 Å². The Bertz CT molecular complexity index is 393. The summed E-state index contributed by atoms with van der Waals surface area (Å²) in [6.07, 6.45) is 6.11. The van der Waals surface area contributed by atoms with Gasteiger partial charge in [0.25, 0.3) is 5.91 Å². The monoisotopic (exact) mass is 218 g/mol. The third kappa shape index (κ3) is 2.95. The minimum absolute atomic E-state index is 0.0693. The van der Waals surface area contributed by atoms with Crippen molar-refractivity contribution < 1.29 is 4.79 Å². The van der Waals surface area contributed by atoms with Crippen LogP contribution in [0.5, 0.6) is 0 Å². The molecule has 1 aromatic heterocycles. The molecule has 0 radical (unpaired) electrons. The molecule has 0 aliphatic heterocycles. The third-order valence-corrected chi connectivity index (χ3v) is 2.06. The predicted molar refractivity (Wildman–Crippen MR) is 62.0 cm³/mol. The fraction of sp³-hybridized carbons (Fsp3) is 0.364. The van der Waals surface area contributed by atoms with Crippen LogP contribution in [0.2, 0.25) is 0 Å². The number of anilines is 1. The Morgan fingerprint density at radius 3 is 2.75 bits per heavy atom. The molecule has 1 aromatic rings. The Morgan fingerprint density at radius 2 is 2.31 bits per heavy atom. The van der Waals surface area contributed by atoms with Gasteiger partial charge in [0.15, 0.2) is 5.69 Å². The summed E-state index contributed by atoms with van der Waals surface area (Å²) in [7, 11) is 1.54. The summed E-state index contributed by atoms with van der Waals surface area (Å²) >= 11 is 0. The second-order valence-electron chi connectivity index (χ2n) is 3.15. The van der Waals surface area contributed by atoms with Gasteiger partial charge in [-0.05, 0) is 18.6 Å². The fourth-order valence-corrected chi connectivity index (χ4v) is 1.10. The van der Waals surface area contributed by atoms with Gasteiger partial charge in [0, 0.05) is 7.05 Å². The van der Waals surface area contributed by atoms with Crippen LogP contribution in [0.3, 0.4) is 0 Å². The van der Waals surface area contributed by atoms with E-state index in [-0.39, 0.29) is 17.6 Å². The summed E-state index contributed by atoms with van der Waals surface area (Å²) in [6, 6.07) is 3.20. The maximum atomic E-state index is 11.2. The molecule has 0 fully saturated rings. The van der Waals surface area contributed by atoms with Gasteiger partial charge in [0.1, 0.15) is 5.82 Å². The summed E-state index contributed by atoms with van der Waals surface area (Å²) in [5.74, 6) is 2.90. The number of hydrogen-bond acceptors (Lipinski definition) is 4. The van der Waals surface area contributed by atoms with Crippen LogP contribution in [0.1, 0.15) is 23.8 Å². The molecule has 0 saturated heterocycles. The van der Waals surface area contributed by atoms with Crippen LogP contribution in [0.15, 0.2) is 12.1 Å². The molecule has 1 rings (SSSR count). The third-order valence-electron chi connectivity index (χ3n) is 2.06. The molecule has 0 bridgehead atoms. The topological polar surface area (TPSA) is 66.9 Å². The van der Waals surface area contributed by atoms with Gasteiger partial charge in [-0.1, -0.05) is 12.8 Å². The number of aromatic nitrogens is 2. The fourth-order valence-electron chi connectivity index (χ4n) is 1.10. The van der Waals surface area contributed by atoms with Crippen LogP contribution in [0.25, 0.3) is 0 Å². The number of nitrogens with zero attached hydrogens (tertiary/aromatic N) is 2. The molecular formula is C11H14N4O. The molecule has 16 heavy (non-hydrogen) atoms.